The van der Waals surface area contributed by atoms with Crippen molar-refractivity contribution in [2.24, 2.45) is 0 Å². The van der Waals surface area contributed by atoms with Gasteiger partial charge in [0.05, 0.1) is 7.11 Å². The van der Waals surface area contributed by atoms with E-state index < -0.39 is 0 Å². The number of rotatable bonds is 7. The van der Waals surface area contributed by atoms with E-state index in [9.17, 15) is 0 Å². The van der Waals surface area contributed by atoms with E-state index in [1.807, 2.05) is 18.2 Å². The van der Waals surface area contributed by atoms with Crippen LogP contribution in [0, 0.1) is 0 Å². The lowest BCUT2D eigenvalue weighted by Crippen LogP contribution is -2.43. The molecule has 4 nitrogen and oxygen atoms in total. The highest BCUT2D eigenvalue weighted by Crippen LogP contribution is 2.16. The Balaban J connectivity index is 1.58. The maximum absolute atomic E-state index is 5.21. The van der Waals surface area contributed by atoms with Gasteiger partial charge in [0.15, 0.2) is 0 Å². The summed E-state index contributed by atoms with van der Waals surface area (Å²) >= 11 is 0. The molecule has 0 spiro atoms. The second kappa shape index (κ2) is 8.02. The monoisotopic (exact) mass is 263 g/mol. The lowest BCUT2D eigenvalue weighted by atomic mass is 10.2. The fourth-order valence-corrected chi connectivity index (χ4v) is 2.36. The molecule has 1 aliphatic rings. The van der Waals surface area contributed by atoms with Crippen LogP contribution >= 0.6 is 0 Å². The third kappa shape index (κ3) is 5.09. The summed E-state index contributed by atoms with van der Waals surface area (Å²) in [6.45, 7) is 6.93. The van der Waals surface area contributed by atoms with Gasteiger partial charge in [-0.3, -0.25) is 0 Å². The predicted molar refractivity (Wildman–Crippen MR) is 80.0 cm³/mol. The molecule has 0 amide bonds. The van der Waals surface area contributed by atoms with E-state index in [1.54, 1.807) is 7.11 Å². The molecule has 0 radical (unpaired) electrons. The van der Waals surface area contributed by atoms with Gasteiger partial charge in [-0.25, -0.2) is 0 Å². The van der Waals surface area contributed by atoms with Crippen molar-refractivity contribution in [1.82, 2.24) is 10.2 Å². The van der Waals surface area contributed by atoms with E-state index in [0.717, 1.165) is 31.1 Å². The van der Waals surface area contributed by atoms with Gasteiger partial charge in [-0.15, -0.1) is 0 Å². The Morgan fingerprint density at radius 1 is 1.26 bits per heavy atom. The summed E-state index contributed by atoms with van der Waals surface area (Å²) in [4.78, 5) is 2.54. The van der Waals surface area contributed by atoms with Gasteiger partial charge in [0, 0.05) is 44.5 Å². The minimum atomic E-state index is 0.908. The highest BCUT2D eigenvalue weighted by atomic mass is 16.5. The summed E-state index contributed by atoms with van der Waals surface area (Å²) in [6.07, 6.45) is 2.47. The first-order chi connectivity index (χ1) is 9.38. The van der Waals surface area contributed by atoms with Crippen molar-refractivity contribution in [3.8, 4) is 5.75 Å². The number of ether oxygens (including phenoxy) is 1. The Labute approximate surface area is 116 Å². The van der Waals surface area contributed by atoms with Crippen LogP contribution in [-0.2, 0) is 0 Å². The lowest BCUT2D eigenvalue weighted by molar-refractivity contribution is 0.237. The fraction of sp³-hybridized carbons (Fsp3) is 0.600. The van der Waals surface area contributed by atoms with Gasteiger partial charge in [-0.2, -0.15) is 0 Å². The predicted octanol–water partition coefficient (Wildman–Crippen LogP) is 1.79. The van der Waals surface area contributed by atoms with E-state index in [-0.39, 0.29) is 0 Å². The number of benzene rings is 1. The van der Waals surface area contributed by atoms with Crippen LogP contribution in [0.15, 0.2) is 24.3 Å². The highest BCUT2D eigenvalue weighted by Gasteiger charge is 2.07. The number of piperazine rings is 1. The van der Waals surface area contributed by atoms with Crippen LogP contribution in [0.3, 0.4) is 0 Å². The van der Waals surface area contributed by atoms with Crippen molar-refractivity contribution in [2.45, 2.75) is 12.8 Å². The third-order valence-electron chi connectivity index (χ3n) is 3.51. The minimum Gasteiger partial charge on any atom is -0.497 e. The largest absolute Gasteiger partial charge is 0.497 e. The summed E-state index contributed by atoms with van der Waals surface area (Å²) in [5, 5.41) is 6.83. The topological polar surface area (TPSA) is 36.5 Å². The van der Waals surface area contributed by atoms with Gasteiger partial charge in [-0.05, 0) is 31.5 Å². The summed E-state index contributed by atoms with van der Waals surface area (Å²) in [5.41, 5.74) is 1.14. The molecule has 0 bridgehead atoms. The number of unbranched alkanes of at least 4 members (excludes halogenated alkanes) is 1. The molecule has 0 atom stereocenters. The van der Waals surface area contributed by atoms with Gasteiger partial charge >= 0.3 is 0 Å². The van der Waals surface area contributed by atoms with E-state index in [1.165, 1.54) is 32.5 Å². The van der Waals surface area contributed by atoms with Gasteiger partial charge in [-0.1, -0.05) is 6.07 Å². The second-order valence-corrected chi connectivity index (χ2v) is 4.96. The zero-order valence-electron chi connectivity index (χ0n) is 11.8. The van der Waals surface area contributed by atoms with E-state index in [4.69, 9.17) is 4.74 Å². The molecule has 0 saturated carbocycles. The van der Waals surface area contributed by atoms with Crippen LogP contribution < -0.4 is 15.4 Å². The first kappa shape index (κ1) is 14.2. The summed E-state index contributed by atoms with van der Waals surface area (Å²) in [6, 6.07) is 8.10. The van der Waals surface area contributed by atoms with E-state index >= 15 is 0 Å². The van der Waals surface area contributed by atoms with Crippen molar-refractivity contribution < 1.29 is 4.74 Å². The zero-order valence-corrected chi connectivity index (χ0v) is 11.8. The van der Waals surface area contributed by atoms with Crippen molar-refractivity contribution in [2.75, 3.05) is 51.7 Å². The number of nitrogens with one attached hydrogen (secondary N) is 2. The summed E-state index contributed by atoms with van der Waals surface area (Å²) < 4.78 is 5.21. The van der Waals surface area contributed by atoms with Crippen molar-refractivity contribution >= 4 is 5.69 Å². The summed E-state index contributed by atoms with van der Waals surface area (Å²) in [7, 11) is 1.70. The van der Waals surface area contributed by atoms with Crippen LogP contribution in [-0.4, -0.2) is 51.3 Å². The zero-order chi connectivity index (χ0) is 13.3. The van der Waals surface area contributed by atoms with Crippen molar-refractivity contribution in [3.63, 3.8) is 0 Å². The van der Waals surface area contributed by atoms with Crippen LogP contribution in [0.5, 0.6) is 5.75 Å². The molecule has 0 unspecified atom stereocenters. The maximum Gasteiger partial charge on any atom is 0.120 e. The number of hydrogen-bond donors (Lipinski definition) is 2. The molecule has 0 aliphatic carbocycles. The number of anilines is 1. The molecule has 1 aromatic rings. The fourth-order valence-electron chi connectivity index (χ4n) is 2.36. The van der Waals surface area contributed by atoms with Crippen LogP contribution in [0.25, 0.3) is 0 Å². The van der Waals surface area contributed by atoms with E-state index in [2.05, 4.69) is 21.6 Å². The van der Waals surface area contributed by atoms with Gasteiger partial charge in [0.2, 0.25) is 0 Å². The Morgan fingerprint density at radius 2 is 2.11 bits per heavy atom. The standard InChI is InChI=1S/C15H25N3O/c1-19-15-6-4-5-14(13-15)17-7-2-3-10-18-11-8-16-9-12-18/h4-6,13,16-17H,2-3,7-12H2,1H3. The van der Waals surface area contributed by atoms with Crippen molar-refractivity contribution in [3.05, 3.63) is 24.3 Å². The van der Waals surface area contributed by atoms with Crippen LogP contribution in [0.1, 0.15) is 12.8 Å². The summed E-state index contributed by atoms with van der Waals surface area (Å²) in [5.74, 6) is 0.908. The molecule has 19 heavy (non-hydrogen) atoms. The number of nitrogens with zero attached hydrogens (tertiary/aromatic N) is 1. The smallest absolute Gasteiger partial charge is 0.120 e. The first-order valence-electron chi connectivity index (χ1n) is 7.19. The minimum absolute atomic E-state index is 0.908. The highest BCUT2D eigenvalue weighted by molar-refractivity contribution is 5.47. The van der Waals surface area contributed by atoms with Crippen LogP contribution in [0.4, 0.5) is 5.69 Å². The second-order valence-electron chi connectivity index (χ2n) is 4.96. The Hall–Kier alpha value is -1.26. The molecular formula is C15H25N3O. The molecule has 1 saturated heterocycles. The molecule has 1 fully saturated rings. The first-order valence-corrected chi connectivity index (χ1v) is 7.19. The average molecular weight is 263 g/mol. The SMILES string of the molecule is COc1cccc(NCCCCN2CCNCC2)c1. The van der Waals surface area contributed by atoms with Gasteiger partial charge < -0.3 is 20.3 Å². The molecule has 2 N–H and O–H groups in total. The normalized spacial score (nSPS) is 16.3. The number of methoxy groups -OCH3 is 1. The van der Waals surface area contributed by atoms with Crippen molar-refractivity contribution in [1.29, 1.82) is 0 Å². The van der Waals surface area contributed by atoms with Crippen LogP contribution in [0.2, 0.25) is 0 Å². The molecule has 106 valence electrons. The molecule has 4 heteroatoms. The van der Waals surface area contributed by atoms with E-state index in [0.29, 0.717) is 0 Å². The molecule has 0 aromatic heterocycles. The molecular weight excluding hydrogens is 238 g/mol. The molecule has 2 rings (SSSR count). The number of hydrogen-bond acceptors (Lipinski definition) is 4. The maximum atomic E-state index is 5.21. The third-order valence-corrected chi connectivity index (χ3v) is 3.51. The quantitative estimate of drug-likeness (QED) is 0.735. The Morgan fingerprint density at radius 3 is 2.89 bits per heavy atom. The molecule has 1 aliphatic heterocycles. The molecule has 1 aromatic carbocycles. The lowest BCUT2D eigenvalue weighted by Gasteiger charge is -2.27. The van der Waals surface area contributed by atoms with Gasteiger partial charge in [0.1, 0.15) is 5.75 Å². The Kier molecular flexibility index (Phi) is 5.98. The molecule has 1 heterocycles. The average Bonchev–Trinajstić information content (AvgIpc) is 2.48. The Bertz CT molecular complexity index is 364. The van der Waals surface area contributed by atoms with Gasteiger partial charge in [0.25, 0.3) is 0 Å².